The van der Waals surface area contributed by atoms with E-state index in [0.29, 0.717) is 24.7 Å². The molecule has 6 nitrogen and oxygen atoms in total. The zero-order valence-corrected chi connectivity index (χ0v) is 15.9. The Morgan fingerprint density at radius 1 is 1.16 bits per heavy atom. The number of ether oxygens (including phenoxy) is 1. The predicted octanol–water partition coefficient (Wildman–Crippen LogP) is 2.56. The van der Waals surface area contributed by atoms with Crippen LogP contribution in [0, 0.1) is 0 Å². The number of hydrogen-bond acceptors (Lipinski definition) is 3. The first kappa shape index (κ1) is 20.8. The molecule has 0 saturated carbocycles. The molecular formula is C19H32N4O2. The summed E-state index contributed by atoms with van der Waals surface area (Å²) in [7, 11) is 3.36. The molecule has 0 saturated heterocycles. The van der Waals surface area contributed by atoms with Gasteiger partial charge in [0.15, 0.2) is 5.96 Å². The van der Waals surface area contributed by atoms with Gasteiger partial charge in [-0.15, -0.1) is 0 Å². The van der Waals surface area contributed by atoms with Gasteiger partial charge < -0.3 is 20.7 Å². The van der Waals surface area contributed by atoms with Gasteiger partial charge in [-0.2, -0.15) is 0 Å². The molecule has 0 aliphatic rings. The van der Waals surface area contributed by atoms with Crippen LogP contribution in [-0.2, 0) is 0 Å². The monoisotopic (exact) mass is 348 g/mol. The van der Waals surface area contributed by atoms with Crippen molar-refractivity contribution in [3.05, 3.63) is 29.8 Å². The van der Waals surface area contributed by atoms with Crippen molar-refractivity contribution in [1.29, 1.82) is 0 Å². The molecule has 0 aromatic heterocycles. The van der Waals surface area contributed by atoms with Crippen molar-refractivity contribution in [2.45, 2.75) is 45.6 Å². The number of hydrogen-bond donors (Lipinski definition) is 3. The van der Waals surface area contributed by atoms with Gasteiger partial charge in [0.05, 0.1) is 7.11 Å². The van der Waals surface area contributed by atoms with E-state index in [0.717, 1.165) is 18.1 Å². The summed E-state index contributed by atoms with van der Waals surface area (Å²) in [4.78, 5) is 16.3. The van der Waals surface area contributed by atoms with Crippen LogP contribution < -0.4 is 20.7 Å². The van der Waals surface area contributed by atoms with Gasteiger partial charge in [-0.25, -0.2) is 0 Å². The fraction of sp³-hybridized carbons (Fsp3) is 0.579. The third-order valence-corrected chi connectivity index (χ3v) is 3.90. The maximum absolute atomic E-state index is 12.1. The average Bonchev–Trinajstić information content (AvgIpc) is 2.64. The summed E-state index contributed by atoms with van der Waals surface area (Å²) in [6.45, 7) is 5.51. The van der Waals surface area contributed by atoms with E-state index in [-0.39, 0.29) is 5.91 Å². The van der Waals surface area contributed by atoms with Crippen molar-refractivity contribution in [3.63, 3.8) is 0 Å². The molecule has 0 aliphatic carbocycles. The van der Waals surface area contributed by atoms with Gasteiger partial charge in [0.1, 0.15) is 5.75 Å². The molecule has 0 radical (unpaired) electrons. The number of methoxy groups -OCH3 is 1. The Labute approximate surface area is 151 Å². The molecule has 0 fully saturated rings. The smallest absolute Gasteiger partial charge is 0.251 e. The fourth-order valence-electron chi connectivity index (χ4n) is 2.40. The molecule has 0 heterocycles. The third-order valence-electron chi connectivity index (χ3n) is 3.90. The highest BCUT2D eigenvalue weighted by Crippen LogP contribution is 2.10. The van der Waals surface area contributed by atoms with Gasteiger partial charge >= 0.3 is 0 Å². The standard InChI is InChI=1S/C19H32N4O2/c1-5-6-7-8-15(2)23-19(20-3)22-14-13-21-18(24)16-9-11-17(25-4)12-10-16/h9-12,15H,5-8,13-14H2,1-4H3,(H,21,24)(H2,20,22,23). The topological polar surface area (TPSA) is 74.8 Å². The summed E-state index contributed by atoms with van der Waals surface area (Å²) >= 11 is 0. The molecule has 25 heavy (non-hydrogen) atoms. The van der Waals surface area contributed by atoms with Crippen molar-refractivity contribution in [2.75, 3.05) is 27.2 Å². The van der Waals surface area contributed by atoms with Crippen LogP contribution >= 0.6 is 0 Å². The normalized spacial score (nSPS) is 12.4. The number of guanidine groups is 1. The van der Waals surface area contributed by atoms with Crippen LogP contribution in [0.4, 0.5) is 0 Å². The van der Waals surface area contributed by atoms with Crippen LogP contribution in [0.5, 0.6) is 5.75 Å². The lowest BCUT2D eigenvalue weighted by Crippen LogP contribution is -2.44. The molecule has 1 amide bonds. The van der Waals surface area contributed by atoms with E-state index in [1.54, 1.807) is 38.4 Å². The average molecular weight is 348 g/mol. The molecule has 1 aromatic carbocycles. The molecule has 6 heteroatoms. The van der Waals surface area contributed by atoms with E-state index in [9.17, 15) is 4.79 Å². The number of benzene rings is 1. The summed E-state index contributed by atoms with van der Waals surface area (Å²) in [5.74, 6) is 1.41. The molecule has 3 N–H and O–H groups in total. The number of unbranched alkanes of at least 4 members (excludes halogenated alkanes) is 2. The summed E-state index contributed by atoms with van der Waals surface area (Å²) < 4.78 is 5.09. The van der Waals surface area contributed by atoms with Gasteiger partial charge in [0, 0.05) is 31.7 Å². The molecule has 1 rings (SSSR count). The fourth-order valence-corrected chi connectivity index (χ4v) is 2.40. The molecule has 0 spiro atoms. The van der Waals surface area contributed by atoms with E-state index in [1.807, 2.05) is 0 Å². The van der Waals surface area contributed by atoms with Gasteiger partial charge in [0.25, 0.3) is 5.91 Å². The van der Waals surface area contributed by atoms with E-state index >= 15 is 0 Å². The summed E-state index contributed by atoms with van der Waals surface area (Å²) in [6.07, 6.45) is 4.84. The first-order valence-corrected chi connectivity index (χ1v) is 9.00. The summed E-state index contributed by atoms with van der Waals surface area (Å²) in [5.41, 5.74) is 0.618. The molecular weight excluding hydrogens is 316 g/mol. The Hall–Kier alpha value is -2.24. The molecule has 1 unspecified atom stereocenters. The summed E-state index contributed by atoms with van der Waals surface area (Å²) in [6, 6.07) is 7.43. The van der Waals surface area contributed by atoms with Gasteiger partial charge in [-0.3, -0.25) is 9.79 Å². The van der Waals surface area contributed by atoms with Crippen molar-refractivity contribution in [2.24, 2.45) is 4.99 Å². The van der Waals surface area contributed by atoms with Crippen LogP contribution in [-0.4, -0.2) is 45.2 Å². The lowest BCUT2D eigenvalue weighted by Gasteiger charge is -2.18. The molecule has 0 bridgehead atoms. The lowest BCUT2D eigenvalue weighted by atomic mass is 10.1. The van der Waals surface area contributed by atoms with Crippen LogP contribution in [0.15, 0.2) is 29.3 Å². The first-order valence-electron chi connectivity index (χ1n) is 9.00. The minimum absolute atomic E-state index is 0.0969. The zero-order chi connectivity index (χ0) is 18.5. The number of carbonyl (C=O) groups excluding carboxylic acids is 1. The molecule has 140 valence electrons. The summed E-state index contributed by atoms with van der Waals surface area (Å²) in [5, 5.41) is 9.48. The highest BCUT2D eigenvalue weighted by atomic mass is 16.5. The van der Waals surface area contributed by atoms with E-state index in [2.05, 4.69) is 34.8 Å². The molecule has 0 aliphatic heterocycles. The molecule has 1 aromatic rings. The highest BCUT2D eigenvalue weighted by molar-refractivity contribution is 5.94. The Morgan fingerprint density at radius 2 is 1.84 bits per heavy atom. The third kappa shape index (κ3) is 8.42. The number of carbonyl (C=O) groups is 1. The Kier molecular flexibility index (Phi) is 10.1. The highest BCUT2D eigenvalue weighted by Gasteiger charge is 2.06. The van der Waals surface area contributed by atoms with Crippen molar-refractivity contribution < 1.29 is 9.53 Å². The SMILES string of the molecule is CCCCCC(C)NC(=NC)NCCNC(=O)c1ccc(OC)cc1. The second-order valence-corrected chi connectivity index (χ2v) is 6.02. The van der Waals surface area contributed by atoms with E-state index in [1.165, 1.54) is 19.3 Å². The molecule has 1 atom stereocenters. The second kappa shape index (κ2) is 12.2. The van der Waals surface area contributed by atoms with E-state index < -0.39 is 0 Å². The Balaban J connectivity index is 2.26. The number of aliphatic imine (C=N–C) groups is 1. The first-order chi connectivity index (χ1) is 12.1. The number of amides is 1. The maximum atomic E-state index is 12.1. The van der Waals surface area contributed by atoms with Gasteiger partial charge in [-0.05, 0) is 37.6 Å². The van der Waals surface area contributed by atoms with Crippen LogP contribution in [0.25, 0.3) is 0 Å². The zero-order valence-electron chi connectivity index (χ0n) is 15.9. The van der Waals surface area contributed by atoms with Crippen molar-refractivity contribution in [1.82, 2.24) is 16.0 Å². The second-order valence-electron chi connectivity index (χ2n) is 6.02. The van der Waals surface area contributed by atoms with Crippen molar-refractivity contribution >= 4 is 11.9 Å². The Morgan fingerprint density at radius 3 is 2.44 bits per heavy atom. The van der Waals surface area contributed by atoms with E-state index in [4.69, 9.17) is 4.74 Å². The minimum atomic E-state index is -0.0969. The Bertz CT molecular complexity index is 529. The predicted molar refractivity (Wildman–Crippen MR) is 103 cm³/mol. The number of rotatable bonds is 10. The van der Waals surface area contributed by atoms with Crippen LogP contribution in [0.3, 0.4) is 0 Å². The lowest BCUT2D eigenvalue weighted by molar-refractivity contribution is 0.0954. The maximum Gasteiger partial charge on any atom is 0.251 e. The number of nitrogens with zero attached hydrogens (tertiary/aromatic N) is 1. The van der Waals surface area contributed by atoms with Crippen LogP contribution in [0.2, 0.25) is 0 Å². The largest absolute Gasteiger partial charge is 0.497 e. The minimum Gasteiger partial charge on any atom is -0.497 e. The van der Waals surface area contributed by atoms with Crippen molar-refractivity contribution in [3.8, 4) is 5.75 Å². The van der Waals surface area contributed by atoms with Gasteiger partial charge in [0.2, 0.25) is 0 Å². The quantitative estimate of drug-likeness (QED) is 0.345. The number of nitrogens with one attached hydrogen (secondary N) is 3. The van der Waals surface area contributed by atoms with Gasteiger partial charge in [-0.1, -0.05) is 26.2 Å². The van der Waals surface area contributed by atoms with Crippen LogP contribution in [0.1, 0.15) is 49.9 Å².